The predicted octanol–water partition coefficient (Wildman–Crippen LogP) is 6.14. The summed E-state index contributed by atoms with van der Waals surface area (Å²) in [6.07, 6.45) is -3.64. The van der Waals surface area contributed by atoms with Crippen LogP contribution in [0.15, 0.2) is 54.7 Å². The number of carbonyl (C=O) groups is 2. The van der Waals surface area contributed by atoms with Crippen LogP contribution in [0.1, 0.15) is 23.6 Å². The molecule has 0 saturated heterocycles. The van der Waals surface area contributed by atoms with Crippen molar-refractivity contribution in [3.05, 3.63) is 81.5 Å². The van der Waals surface area contributed by atoms with Crippen LogP contribution >= 0.6 is 23.2 Å². The molecule has 0 radical (unpaired) electrons. The van der Waals surface area contributed by atoms with Gasteiger partial charge in [0.15, 0.2) is 0 Å². The molecule has 0 atom stereocenters. The van der Waals surface area contributed by atoms with Crippen molar-refractivity contribution in [2.75, 3.05) is 10.2 Å². The zero-order valence-electron chi connectivity index (χ0n) is 17.5. The van der Waals surface area contributed by atoms with Crippen molar-refractivity contribution in [2.24, 2.45) is 0 Å². The molecular formula is C23H15Cl2F3N4O2. The van der Waals surface area contributed by atoms with E-state index in [1.165, 1.54) is 30.5 Å². The molecule has 34 heavy (non-hydrogen) atoms. The lowest BCUT2D eigenvalue weighted by molar-refractivity contribution is -0.137. The molecule has 0 aliphatic heterocycles. The highest BCUT2D eigenvalue weighted by molar-refractivity contribution is 6.36. The van der Waals surface area contributed by atoms with Gasteiger partial charge in [0, 0.05) is 34.9 Å². The van der Waals surface area contributed by atoms with Crippen LogP contribution in [-0.4, -0.2) is 16.8 Å². The summed E-state index contributed by atoms with van der Waals surface area (Å²) in [6, 6.07) is 12.0. The van der Waals surface area contributed by atoms with E-state index in [1.807, 2.05) is 0 Å². The van der Waals surface area contributed by atoms with Crippen LogP contribution in [-0.2, 0) is 22.2 Å². The summed E-state index contributed by atoms with van der Waals surface area (Å²) >= 11 is 12.2. The van der Waals surface area contributed by atoms with Crippen LogP contribution in [0.25, 0.3) is 0 Å². The normalized spacial score (nSPS) is 11.0. The lowest BCUT2D eigenvalue weighted by Crippen LogP contribution is -2.25. The Morgan fingerprint density at radius 2 is 1.79 bits per heavy atom. The molecule has 0 saturated carbocycles. The first-order valence-electron chi connectivity index (χ1n) is 9.62. The van der Waals surface area contributed by atoms with E-state index in [-0.39, 0.29) is 23.6 Å². The van der Waals surface area contributed by atoms with Gasteiger partial charge in [0.25, 0.3) is 0 Å². The second kappa shape index (κ2) is 10.1. The molecular weight excluding hydrogens is 492 g/mol. The number of alkyl halides is 3. The average molecular weight is 507 g/mol. The molecule has 6 nitrogen and oxygen atoms in total. The quantitative estimate of drug-likeness (QED) is 0.449. The molecule has 0 fully saturated rings. The molecule has 0 spiro atoms. The van der Waals surface area contributed by atoms with Crippen LogP contribution in [0.4, 0.5) is 30.4 Å². The van der Waals surface area contributed by atoms with Crippen LogP contribution in [0.2, 0.25) is 10.0 Å². The van der Waals surface area contributed by atoms with Gasteiger partial charge in [0.2, 0.25) is 11.8 Å². The highest BCUT2D eigenvalue weighted by Gasteiger charge is 2.34. The van der Waals surface area contributed by atoms with E-state index in [1.54, 1.807) is 18.2 Å². The Morgan fingerprint density at radius 1 is 1.12 bits per heavy atom. The van der Waals surface area contributed by atoms with Crippen LogP contribution in [0, 0.1) is 11.3 Å². The van der Waals surface area contributed by atoms with E-state index in [4.69, 9.17) is 28.5 Å². The first-order valence-corrected chi connectivity index (χ1v) is 10.4. The molecule has 0 aliphatic carbocycles. The molecule has 1 heterocycles. The highest BCUT2D eigenvalue weighted by Crippen LogP contribution is 2.36. The largest absolute Gasteiger partial charge is 0.417 e. The number of pyridine rings is 1. The summed E-state index contributed by atoms with van der Waals surface area (Å²) < 4.78 is 40.2. The number of hydrogen-bond donors (Lipinski definition) is 1. The summed E-state index contributed by atoms with van der Waals surface area (Å²) in [5, 5.41) is 12.3. The van der Waals surface area contributed by atoms with E-state index < -0.39 is 29.1 Å². The standard InChI is InChI=1S/C23H15Cl2F3N4O2/c1-13(33)32(16-6-5-14(12-29)18(10-16)23(26,27)28)21-9-15(7-8-30-21)31-22(34)11-17-19(24)3-2-4-20(17)25/h2-10H,11H2,1H3,(H,30,31,34). The number of carbonyl (C=O) groups excluding carboxylic acids is 2. The molecule has 174 valence electrons. The van der Waals surface area contributed by atoms with Crippen molar-refractivity contribution in [1.29, 1.82) is 5.26 Å². The first kappa shape index (κ1) is 25.0. The van der Waals surface area contributed by atoms with E-state index in [2.05, 4.69) is 10.3 Å². The van der Waals surface area contributed by atoms with Gasteiger partial charge in [-0.2, -0.15) is 18.4 Å². The Hall–Kier alpha value is -3.61. The van der Waals surface area contributed by atoms with E-state index >= 15 is 0 Å². The second-order valence-corrected chi connectivity index (χ2v) is 7.84. The molecule has 1 aromatic heterocycles. The van der Waals surface area contributed by atoms with Crippen molar-refractivity contribution in [3.8, 4) is 6.07 Å². The maximum Gasteiger partial charge on any atom is 0.417 e. The van der Waals surface area contributed by atoms with Gasteiger partial charge < -0.3 is 5.32 Å². The smallest absolute Gasteiger partial charge is 0.326 e. The van der Waals surface area contributed by atoms with Gasteiger partial charge in [-0.15, -0.1) is 0 Å². The van der Waals surface area contributed by atoms with Crippen LogP contribution in [0.3, 0.4) is 0 Å². The predicted molar refractivity (Wildman–Crippen MR) is 122 cm³/mol. The zero-order chi connectivity index (χ0) is 25.0. The molecule has 3 rings (SSSR count). The summed E-state index contributed by atoms with van der Waals surface area (Å²) in [5.74, 6) is -1.12. The molecule has 3 aromatic rings. The van der Waals surface area contributed by atoms with Crippen molar-refractivity contribution >= 4 is 52.2 Å². The Kier molecular flexibility index (Phi) is 7.44. The lowest BCUT2D eigenvalue weighted by atomic mass is 10.1. The van der Waals surface area contributed by atoms with Crippen molar-refractivity contribution < 1.29 is 22.8 Å². The molecule has 2 amide bonds. The second-order valence-electron chi connectivity index (χ2n) is 7.02. The fourth-order valence-corrected chi connectivity index (χ4v) is 3.70. The fraction of sp³-hybridized carbons (Fsp3) is 0.130. The number of nitrogens with zero attached hydrogens (tertiary/aromatic N) is 3. The van der Waals surface area contributed by atoms with Gasteiger partial charge >= 0.3 is 6.18 Å². The van der Waals surface area contributed by atoms with Gasteiger partial charge in [0.05, 0.1) is 29.3 Å². The van der Waals surface area contributed by atoms with Crippen molar-refractivity contribution in [3.63, 3.8) is 0 Å². The van der Waals surface area contributed by atoms with E-state index in [0.717, 1.165) is 17.9 Å². The first-order chi connectivity index (χ1) is 16.0. The fourth-order valence-electron chi connectivity index (χ4n) is 3.16. The molecule has 0 bridgehead atoms. The summed E-state index contributed by atoms with van der Waals surface area (Å²) in [4.78, 5) is 29.8. The maximum atomic E-state index is 13.4. The summed E-state index contributed by atoms with van der Waals surface area (Å²) in [6.45, 7) is 1.15. The average Bonchev–Trinajstić information content (AvgIpc) is 2.76. The number of halogens is 5. The Labute approximate surface area is 202 Å². The van der Waals surface area contributed by atoms with Gasteiger partial charge in [-0.1, -0.05) is 29.3 Å². The summed E-state index contributed by atoms with van der Waals surface area (Å²) in [5.41, 5.74) is -1.22. The van der Waals surface area contributed by atoms with Crippen LogP contribution < -0.4 is 10.2 Å². The molecule has 0 unspecified atom stereocenters. The number of anilines is 3. The maximum absolute atomic E-state index is 13.4. The highest BCUT2D eigenvalue weighted by atomic mass is 35.5. The third-order valence-corrected chi connectivity index (χ3v) is 5.37. The number of rotatable bonds is 5. The van der Waals surface area contributed by atoms with E-state index in [9.17, 15) is 22.8 Å². The molecule has 2 aromatic carbocycles. The number of nitriles is 1. The summed E-state index contributed by atoms with van der Waals surface area (Å²) in [7, 11) is 0. The van der Waals surface area contributed by atoms with Crippen molar-refractivity contribution in [2.45, 2.75) is 19.5 Å². The minimum atomic E-state index is -4.80. The third-order valence-electron chi connectivity index (χ3n) is 4.66. The Balaban J connectivity index is 1.92. The number of nitrogens with one attached hydrogen (secondary N) is 1. The SMILES string of the molecule is CC(=O)N(c1ccc(C#N)c(C(F)(F)F)c1)c1cc(NC(=O)Cc2c(Cl)cccc2Cl)ccn1. The minimum Gasteiger partial charge on any atom is -0.326 e. The van der Waals surface area contributed by atoms with Crippen LogP contribution in [0.5, 0.6) is 0 Å². The third kappa shape index (κ3) is 5.65. The topological polar surface area (TPSA) is 86.1 Å². The van der Waals surface area contributed by atoms with Gasteiger partial charge in [0.1, 0.15) is 5.82 Å². The number of aromatic nitrogens is 1. The Bertz CT molecular complexity index is 1290. The van der Waals surface area contributed by atoms with Crippen molar-refractivity contribution in [1.82, 2.24) is 4.98 Å². The zero-order valence-corrected chi connectivity index (χ0v) is 19.0. The van der Waals surface area contributed by atoms with Gasteiger partial charge in [-0.25, -0.2) is 4.98 Å². The van der Waals surface area contributed by atoms with E-state index in [0.29, 0.717) is 21.7 Å². The molecule has 11 heteroatoms. The lowest BCUT2D eigenvalue weighted by Gasteiger charge is -2.22. The number of amides is 2. The number of benzene rings is 2. The number of hydrogen-bond acceptors (Lipinski definition) is 4. The van der Waals surface area contributed by atoms with Gasteiger partial charge in [-0.05, 0) is 42.0 Å². The minimum absolute atomic E-state index is 0.0288. The monoisotopic (exact) mass is 506 g/mol. The van der Waals surface area contributed by atoms with Gasteiger partial charge in [-0.3, -0.25) is 14.5 Å². The molecule has 1 N–H and O–H groups in total. The Morgan fingerprint density at radius 3 is 2.38 bits per heavy atom. The molecule has 0 aliphatic rings.